The molecule has 4 nitrogen and oxygen atoms in total. The van der Waals surface area contributed by atoms with Crippen molar-refractivity contribution in [2.75, 3.05) is 7.05 Å². The topological polar surface area (TPSA) is 57.6 Å². The Bertz CT molecular complexity index is 626. The molecule has 3 aliphatic carbocycles. The summed E-state index contributed by atoms with van der Waals surface area (Å²) < 4.78 is 0. The van der Waals surface area contributed by atoms with Gasteiger partial charge in [-0.2, -0.15) is 0 Å². The summed E-state index contributed by atoms with van der Waals surface area (Å²) in [4.78, 5) is 25.7. The van der Waals surface area contributed by atoms with Crippen molar-refractivity contribution in [3.63, 3.8) is 0 Å². The summed E-state index contributed by atoms with van der Waals surface area (Å²) in [5.41, 5.74) is 1.29. The number of fused-ring (bicyclic) bond motifs is 5. The van der Waals surface area contributed by atoms with E-state index < -0.39 is 5.97 Å². The Kier molecular flexibility index (Phi) is 3.43. The number of amides is 1. The highest BCUT2D eigenvalue weighted by atomic mass is 16.4. The third-order valence-corrected chi connectivity index (χ3v) is 8.32. The Morgan fingerprint density at radius 2 is 1.96 bits per heavy atom. The van der Waals surface area contributed by atoms with Gasteiger partial charge in [0.2, 0.25) is 5.91 Å². The third kappa shape index (κ3) is 1.91. The van der Waals surface area contributed by atoms with E-state index in [0.717, 1.165) is 38.5 Å². The lowest BCUT2D eigenvalue weighted by molar-refractivity contribution is -0.150. The maximum Gasteiger partial charge on any atom is 0.307 e. The minimum absolute atomic E-state index is 0.0366. The molecule has 0 aromatic rings. The van der Waals surface area contributed by atoms with Crippen molar-refractivity contribution in [1.29, 1.82) is 0 Å². The normalized spacial score (nSPS) is 47.5. The molecule has 1 aliphatic heterocycles. The molecular weight excluding hydrogens is 302 g/mol. The van der Waals surface area contributed by atoms with Gasteiger partial charge in [-0.05, 0) is 61.7 Å². The van der Waals surface area contributed by atoms with Crippen molar-refractivity contribution in [3.8, 4) is 0 Å². The van der Waals surface area contributed by atoms with Gasteiger partial charge in [-0.1, -0.05) is 19.9 Å². The Balaban J connectivity index is 1.69. The van der Waals surface area contributed by atoms with Crippen molar-refractivity contribution in [3.05, 3.63) is 11.8 Å². The fraction of sp³-hybridized carbons (Fsp3) is 0.800. The highest BCUT2D eigenvalue weighted by Crippen LogP contribution is 2.65. The van der Waals surface area contributed by atoms with Crippen LogP contribution in [0.5, 0.6) is 0 Å². The van der Waals surface area contributed by atoms with Crippen LogP contribution in [-0.2, 0) is 9.59 Å². The Labute approximate surface area is 144 Å². The molecule has 0 radical (unpaired) electrons. The molecule has 1 N–H and O–H groups in total. The van der Waals surface area contributed by atoms with E-state index in [1.165, 1.54) is 5.70 Å². The SMILES string of the molecule is CN1C(=O)CC[C@@]2(C)C1=CC[C@@H]1[C@H]2CC[C@]2(C)C(C(=O)O)CC[C@@H]12. The van der Waals surface area contributed by atoms with Crippen molar-refractivity contribution in [1.82, 2.24) is 4.90 Å². The van der Waals surface area contributed by atoms with Crippen LogP contribution >= 0.6 is 0 Å². The zero-order chi connectivity index (χ0) is 17.3. The smallest absolute Gasteiger partial charge is 0.307 e. The van der Waals surface area contributed by atoms with Gasteiger partial charge < -0.3 is 10.0 Å². The fourth-order valence-electron chi connectivity index (χ4n) is 6.99. The van der Waals surface area contributed by atoms with E-state index in [9.17, 15) is 14.7 Å². The molecule has 1 amide bonds. The zero-order valence-electron chi connectivity index (χ0n) is 15.0. The summed E-state index contributed by atoms with van der Waals surface area (Å²) in [5, 5.41) is 9.66. The molecular formula is C20H29NO3. The van der Waals surface area contributed by atoms with Gasteiger partial charge in [-0.15, -0.1) is 0 Å². The summed E-state index contributed by atoms with van der Waals surface area (Å²) >= 11 is 0. The van der Waals surface area contributed by atoms with E-state index in [2.05, 4.69) is 19.9 Å². The molecule has 4 heteroatoms. The molecule has 0 aromatic heterocycles. The van der Waals surface area contributed by atoms with Gasteiger partial charge in [0.1, 0.15) is 0 Å². The number of carbonyl (C=O) groups excluding carboxylic acids is 1. The summed E-state index contributed by atoms with van der Waals surface area (Å²) in [6.45, 7) is 4.59. The maximum atomic E-state index is 12.1. The quantitative estimate of drug-likeness (QED) is 0.797. The highest BCUT2D eigenvalue weighted by Gasteiger charge is 2.60. The Morgan fingerprint density at radius 3 is 2.67 bits per heavy atom. The van der Waals surface area contributed by atoms with Crippen LogP contribution in [0.4, 0.5) is 0 Å². The van der Waals surface area contributed by atoms with Crippen LogP contribution in [0.2, 0.25) is 0 Å². The lowest BCUT2D eigenvalue weighted by Gasteiger charge is -2.58. The molecule has 0 bridgehead atoms. The van der Waals surface area contributed by atoms with Gasteiger partial charge in [-0.25, -0.2) is 0 Å². The number of piperidine rings is 1. The van der Waals surface area contributed by atoms with E-state index in [1.807, 2.05) is 11.9 Å². The fourth-order valence-corrected chi connectivity index (χ4v) is 6.99. The molecule has 2 saturated carbocycles. The summed E-state index contributed by atoms with van der Waals surface area (Å²) in [7, 11) is 1.93. The second-order valence-electron chi connectivity index (χ2n) is 9.08. The first-order valence-electron chi connectivity index (χ1n) is 9.49. The van der Waals surface area contributed by atoms with Crippen LogP contribution in [-0.4, -0.2) is 28.9 Å². The number of carbonyl (C=O) groups is 2. The maximum absolute atomic E-state index is 12.1. The number of hydrogen-bond donors (Lipinski definition) is 1. The number of hydrogen-bond acceptors (Lipinski definition) is 2. The second kappa shape index (κ2) is 5.09. The predicted molar refractivity (Wildman–Crippen MR) is 91.0 cm³/mol. The van der Waals surface area contributed by atoms with Crippen LogP contribution in [0, 0.1) is 34.5 Å². The van der Waals surface area contributed by atoms with Crippen molar-refractivity contribution >= 4 is 11.9 Å². The standard InChI is InChI=1S/C20H29NO3/c1-19-10-8-14-12(13(19)5-6-15(19)18(23)24)4-7-16-20(14,2)11-9-17(22)21(16)3/h7,12-15H,4-6,8-11H2,1-3H3,(H,23,24)/t12-,13-,14+,15?,19-,20+/m0/s1. The van der Waals surface area contributed by atoms with Gasteiger partial charge in [0.25, 0.3) is 0 Å². The van der Waals surface area contributed by atoms with Crippen LogP contribution in [0.15, 0.2) is 11.8 Å². The van der Waals surface area contributed by atoms with Crippen molar-refractivity contribution in [2.24, 2.45) is 34.5 Å². The van der Waals surface area contributed by atoms with Gasteiger partial charge >= 0.3 is 5.97 Å². The molecule has 1 heterocycles. The molecule has 24 heavy (non-hydrogen) atoms. The number of likely N-dealkylation sites (tertiary alicyclic amines) is 1. The number of nitrogens with zero attached hydrogens (tertiary/aromatic N) is 1. The largest absolute Gasteiger partial charge is 0.481 e. The first kappa shape index (κ1) is 16.2. The van der Waals surface area contributed by atoms with Crippen LogP contribution in [0.25, 0.3) is 0 Å². The Hall–Kier alpha value is -1.32. The summed E-state index contributed by atoms with van der Waals surface area (Å²) in [6.07, 6.45) is 8.95. The molecule has 1 saturated heterocycles. The first-order chi connectivity index (χ1) is 11.3. The average Bonchev–Trinajstić information content (AvgIpc) is 2.89. The number of rotatable bonds is 1. The molecule has 1 unspecified atom stereocenters. The Morgan fingerprint density at radius 1 is 1.21 bits per heavy atom. The van der Waals surface area contributed by atoms with Gasteiger partial charge in [0.05, 0.1) is 5.92 Å². The van der Waals surface area contributed by atoms with E-state index in [1.54, 1.807) is 0 Å². The van der Waals surface area contributed by atoms with E-state index in [0.29, 0.717) is 24.2 Å². The number of aliphatic carboxylic acids is 1. The molecule has 0 aromatic carbocycles. The van der Waals surface area contributed by atoms with Crippen LogP contribution < -0.4 is 0 Å². The summed E-state index contributed by atoms with van der Waals surface area (Å²) in [5.74, 6) is 1.18. The third-order valence-electron chi connectivity index (χ3n) is 8.32. The lowest BCUT2D eigenvalue weighted by Crippen LogP contribution is -2.53. The first-order valence-corrected chi connectivity index (χ1v) is 9.49. The van der Waals surface area contributed by atoms with Crippen molar-refractivity contribution in [2.45, 2.75) is 58.8 Å². The zero-order valence-corrected chi connectivity index (χ0v) is 15.0. The van der Waals surface area contributed by atoms with Gasteiger partial charge in [-0.3, -0.25) is 9.59 Å². The molecule has 4 aliphatic rings. The minimum Gasteiger partial charge on any atom is -0.481 e. The van der Waals surface area contributed by atoms with Gasteiger partial charge in [0, 0.05) is 24.6 Å². The van der Waals surface area contributed by atoms with E-state index in [-0.39, 0.29) is 22.7 Å². The molecule has 4 rings (SSSR count). The van der Waals surface area contributed by atoms with E-state index in [4.69, 9.17) is 0 Å². The predicted octanol–water partition coefficient (Wildman–Crippen LogP) is 3.68. The van der Waals surface area contributed by atoms with Crippen LogP contribution in [0.1, 0.15) is 58.8 Å². The van der Waals surface area contributed by atoms with Gasteiger partial charge in [0.15, 0.2) is 0 Å². The number of carboxylic acid groups (broad SMARTS) is 1. The monoisotopic (exact) mass is 331 g/mol. The van der Waals surface area contributed by atoms with Crippen LogP contribution in [0.3, 0.4) is 0 Å². The number of carboxylic acids is 1. The second-order valence-corrected chi connectivity index (χ2v) is 9.08. The lowest BCUT2D eigenvalue weighted by atomic mass is 9.49. The molecule has 3 fully saturated rings. The molecule has 6 atom stereocenters. The molecule has 132 valence electrons. The van der Waals surface area contributed by atoms with Crippen molar-refractivity contribution < 1.29 is 14.7 Å². The summed E-state index contributed by atoms with van der Waals surface area (Å²) in [6, 6.07) is 0. The number of allylic oxidation sites excluding steroid dienone is 2. The minimum atomic E-state index is -0.598. The highest BCUT2D eigenvalue weighted by molar-refractivity contribution is 5.79. The molecule has 0 spiro atoms. The van der Waals surface area contributed by atoms with E-state index >= 15 is 0 Å². The average molecular weight is 331 g/mol.